The summed E-state index contributed by atoms with van der Waals surface area (Å²) in [4.78, 5) is 6.64. The van der Waals surface area contributed by atoms with Crippen LogP contribution in [0.3, 0.4) is 0 Å². The molecule has 0 saturated heterocycles. The maximum atomic E-state index is 8.86. The molecule has 2 unspecified atom stereocenters. The second kappa shape index (κ2) is 8.55. The predicted octanol–water partition coefficient (Wildman–Crippen LogP) is 3.13. The van der Waals surface area contributed by atoms with E-state index in [9.17, 15) is 0 Å². The number of hydrogen-bond donors (Lipinski definition) is 1. The van der Waals surface area contributed by atoms with E-state index in [2.05, 4.69) is 47.3 Å². The number of anilines is 1. The van der Waals surface area contributed by atoms with Crippen molar-refractivity contribution < 1.29 is 0 Å². The first kappa shape index (κ1) is 16.5. The summed E-state index contributed by atoms with van der Waals surface area (Å²) in [6, 6.07) is 6.75. The second-order valence-electron chi connectivity index (χ2n) is 5.27. The van der Waals surface area contributed by atoms with E-state index in [1.54, 1.807) is 0 Å². The molecule has 2 atom stereocenters. The van der Waals surface area contributed by atoms with Crippen molar-refractivity contribution in [2.75, 3.05) is 25.0 Å². The van der Waals surface area contributed by atoms with Crippen molar-refractivity contribution in [1.29, 1.82) is 5.26 Å². The average Bonchev–Trinajstić information content (AvgIpc) is 2.48. The summed E-state index contributed by atoms with van der Waals surface area (Å²) in [7, 11) is 2.00. The molecule has 0 aromatic carbocycles. The largest absolute Gasteiger partial charge is 0.372 e. The quantitative estimate of drug-likeness (QED) is 0.791. The summed E-state index contributed by atoms with van der Waals surface area (Å²) in [5, 5.41) is 12.4. The van der Waals surface area contributed by atoms with Crippen LogP contribution in [0.25, 0.3) is 0 Å². The Morgan fingerprint density at radius 3 is 2.65 bits per heavy atom. The second-order valence-corrected chi connectivity index (χ2v) is 5.27. The van der Waals surface area contributed by atoms with E-state index in [4.69, 9.17) is 5.26 Å². The van der Waals surface area contributed by atoms with Gasteiger partial charge in [0.25, 0.3) is 0 Å². The molecule has 0 fully saturated rings. The first-order chi connectivity index (χ1) is 9.62. The molecule has 0 aliphatic carbocycles. The monoisotopic (exact) mass is 274 g/mol. The maximum absolute atomic E-state index is 8.86. The molecule has 0 saturated carbocycles. The zero-order valence-corrected chi connectivity index (χ0v) is 13.1. The molecule has 110 valence electrons. The van der Waals surface area contributed by atoms with Gasteiger partial charge in [0.1, 0.15) is 0 Å². The van der Waals surface area contributed by atoms with Gasteiger partial charge in [-0.2, -0.15) is 5.26 Å². The summed E-state index contributed by atoms with van der Waals surface area (Å²) in [6.07, 6.45) is 4.06. The highest BCUT2D eigenvalue weighted by Crippen LogP contribution is 2.18. The average molecular weight is 274 g/mol. The third kappa shape index (κ3) is 4.82. The SMILES string of the molecule is CCCNC(CC)c1ccc(N(C)CC(C)C#N)cn1. The molecule has 0 spiro atoms. The number of aromatic nitrogens is 1. The smallest absolute Gasteiger partial charge is 0.0671 e. The summed E-state index contributed by atoms with van der Waals surface area (Å²) in [6.45, 7) is 8.01. The Morgan fingerprint density at radius 1 is 1.40 bits per heavy atom. The highest BCUT2D eigenvalue weighted by Gasteiger charge is 2.11. The minimum Gasteiger partial charge on any atom is -0.372 e. The van der Waals surface area contributed by atoms with Gasteiger partial charge in [-0.1, -0.05) is 13.8 Å². The van der Waals surface area contributed by atoms with Gasteiger partial charge < -0.3 is 10.2 Å². The van der Waals surface area contributed by atoms with E-state index in [1.165, 1.54) is 0 Å². The maximum Gasteiger partial charge on any atom is 0.0671 e. The molecule has 0 amide bonds. The molecule has 1 heterocycles. The van der Waals surface area contributed by atoms with Gasteiger partial charge in [-0.25, -0.2) is 0 Å². The fourth-order valence-corrected chi connectivity index (χ4v) is 2.16. The summed E-state index contributed by atoms with van der Waals surface area (Å²) >= 11 is 0. The molecule has 0 aliphatic heterocycles. The van der Waals surface area contributed by atoms with Gasteiger partial charge >= 0.3 is 0 Å². The lowest BCUT2D eigenvalue weighted by Crippen LogP contribution is -2.24. The summed E-state index contributed by atoms with van der Waals surface area (Å²) in [5.74, 6) is 0.0225. The van der Waals surface area contributed by atoms with Crippen LogP contribution in [0.2, 0.25) is 0 Å². The summed E-state index contributed by atoms with van der Waals surface area (Å²) in [5.41, 5.74) is 2.15. The number of nitrogens with one attached hydrogen (secondary N) is 1. The third-order valence-corrected chi connectivity index (χ3v) is 3.39. The molecule has 4 heteroatoms. The van der Waals surface area contributed by atoms with Crippen molar-refractivity contribution in [1.82, 2.24) is 10.3 Å². The van der Waals surface area contributed by atoms with Crippen LogP contribution in [0.1, 0.15) is 45.3 Å². The van der Waals surface area contributed by atoms with E-state index >= 15 is 0 Å². The number of nitriles is 1. The van der Waals surface area contributed by atoms with E-state index in [-0.39, 0.29) is 5.92 Å². The molecular weight excluding hydrogens is 248 g/mol. The van der Waals surface area contributed by atoms with Crippen LogP contribution in [-0.2, 0) is 0 Å². The molecule has 0 radical (unpaired) electrons. The predicted molar refractivity (Wildman–Crippen MR) is 83.6 cm³/mol. The number of nitrogens with zero attached hydrogens (tertiary/aromatic N) is 3. The molecule has 20 heavy (non-hydrogen) atoms. The number of hydrogen-bond acceptors (Lipinski definition) is 4. The number of rotatable bonds is 8. The fourth-order valence-electron chi connectivity index (χ4n) is 2.16. The Morgan fingerprint density at radius 2 is 2.15 bits per heavy atom. The fraction of sp³-hybridized carbons (Fsp3) is 0.625. The van der Waals surface area contributed by atoms with Gasteiger partial charge in [-0.05, 0) is 38.4 Å². The van der Waals surface area contributed by atoms with E-state index in [1.807, 2.05) is 20.2 Å². The van der Waals surface area contributed by atoms with Crippen molar-refractivity contribution in [2.24, 2.45) is 5.92 Å². The Labute approximate surface area is 122 Å². The first-order valence-corrected chi connectivity index (χ1v) is 7.42. The van der Waals surface area contributed by atoms with Gasteiger partial charge in [0.2, 0.25) is 0 Å². The van der Waals surface area contributed by atoms with Gasteiger partial charge in [0, 0.05) is 19.6 Å². The van der Waals surface area contributed by atoms with Crippen LogP contribution in [-0.4, -0.2) is 25.1 Å². The van der Waals surface area contributed by atoms with Crippen molar-refractivity contribution >= 4 is 5.69 Å². The van der Waals surface area contributed by atoms with Gasteiger partial charge in [-0.15, -0.1) is 0 Å². The molecule has 1 N–H and O–H groups in total. The Balaban J connectivity index is 2.69. The molecule has 1 aromatic rings. The standard InChI is InChI=1S/C16H26N4/c1-5-9-18-15(6-2)16-8-7-14(11-19-16)20(4)12-13(3)10-17/h7-8,11,13,15,18H,5-6,9,12H2,1-4H3. The third-order valence-electron chi connectivity index (χ3n) is 3.39. The van der Waals surface area contributed by atoms with Crippen molar-refractivity contribution in [3.63, 3.8) is 0 Å². The van der Waals surface area contributed by atoms with Gasteiger partial charge in [-0.3, -0.25) is 4.98 Å². The van der Waals surface area contributed by atoms with Crippen LogP contribution in [0.5, 0.6) is 0 Å². The van der Waals surface area contributed by atoms with Crippen molar-refractivity contribution in [3.05, 3.63) is 24.0 Å². The number of pyridine rings is 1. The molecule has 0 aliphatic rings. The van der Waals surface area contributed by atoms with E-state index in [0.29, 0.717) is 6.04 Å². The molecule has 1 rings (SSSR count). The van der Waals surface area contributed by atoms with Crippen LogP contribution in [0, 0.1) is 17.2 Å². The Kier molecular flexibility index (Phi) is 7.03. The lowest BCUT2D eigenvalue weighted by molar-refractivity contribution is 0.507. The van der Waals surface area contributed by atoms with Crippen LogP contribution >= 0.6 is 0 Å². The van der Waals surface area contributed by atoms with Gasteiger partial charge in [0.15, 0.2) is 0 Å². The van der Waals surface area contributed by atoms with Gasteiger partial charge in [0.05, 0.1) is 29.6 Å². The highest BCUT2D eigenvalue weighted by molar-refractivity contribution is 5.44. The molecule has 1 aromatic heterocycles. The van der Waals surface area contributed by atoms with Crippen molar-refractivity contribution in [3.8, 4) is 6.07 Å². The first-order valence-electron chi connectivity index (χ1n) is 7.42. The minimum absolute atomic E-state index is 0.0225. The van der Waals surface area contributed by atoms with E-state index < -0.39 is 0 Å². The molecule has 0 bridgehead atoms. The normalized spacial score (nSPS) is 13.6. The Hall–Kier alpha value is -1.60. The zero-order valence-electron chi connectivity index (χ0n) is 13.1. The topological polar surface area (TPSA) is 52.0 Å². The van der Waals surface area contributed by atoms with Crippen LogP contribution < -0.4 is 10.2 Å². The van der Waals surface area contributed by atoms with E-state index in [0.717, 1.165) is 37.3 Å². The van der Waals surface area contributed by atoms with Crippen molar-refractivity contribution in [2.45, 2.75) is 39.7 Å². The Bertz CT molecular complexity index is 421. The molecular formula is C16H26N4. The lowest BCUT2D eigenvalue weighted by Gasteiger charge is -2.21. The lowest BCUT2D eigenvalue weighted by atomic mass is 10.1. The van der Waals surface area contributed by atoms with Crippen LogP contribution in [0.4, 0.5) is 5.69 Å². The molecule has 4 nitrogen and oxygen atoms in total. The highest BCUT2D eigenvalue weighted by atomic mass is 15.1. The minimum atomic E-state index is 0.0225. The van der Waals surface area contributed by atoms with Crippen LogP contribution in [0.15, 0.2) is 18.3 Å². The zero-order chi connectivity index (χ0) is 15.0. The summed E-state index contributed by atoms with van der Waals surface area (Å²) < 4.78 is 0.